The van der Waals surface area contributed by atoms with Gasteiger partial charge in [0, 0.05) is 33.4 Å². The zero-order valence-electron chi connectivity index (χ0n) is 18.8. The fraction of sp³-hybridized carbons (Fsp3) is 0.375. The highest BCUT2D eigenvalue weighted by Gasteiger charge is 2.55. The lowest BCUT2D eigenvalue weighted by atomic mass is 9.82. The molecule has 1 heterocycles. The van der Waals surface area contributed by atoms with Crippen molar-refractivity contribution in [3.8, 4) is 0 Å². The maximum atomic E-state index is 13.9. The Bertz CT molecular complexity index is 1100. The van der Waals surface area contributed by atoms with Gasteiger partial charge in [-0.25, -0.2) is 0 Å². The summed E-state index contributed by atoms with van der Waals surface area (Å²) < 4.78 is 6.19. The molecule has 3 atom stereocenters. The van der Waals surface area contributed by atoms with Crippen LogP contribution in [0.3, 0.4) is 0 Å². The summed E-state index contributed by atoms with van der Waals surface area (Å²) in [7, 11) is 0. The molecule has 0 fully saturated rings. The molecule has 0 saturated heterocycles. The molecule has 0 spiro atoms. The van der Waals surface area contributed by atoms with E-state index >= 15 is 0 Å². The Hall–Kier alpha value is -2.61. The molecule has 0 saturated carbocycles. The summed E-state index contributed by atoms with van der Waals surface area (Å²) in [4.78, 5) is 39.9. The number of nitrogens with zero attached hydrogens (tertiary/aromatic N) is 1. The number of rotatable bonds is 5. The number of carbonyl (C=O) groups is 3. The van der Waals surface area contributed by atoms with Crippen LogP contribution in [0.1, 0.15) is 44.9 Å². The third-order valence-electron chi connectivity index (χ3n) is 5.63. The normalized spacial score (nSPS) is 20.5. The molecule has 0 bridgehead atoms. The number of nitrogens with two attached hydrogens (primary N) is 1. The number of carboxylic acid groups (broad SMARTS) is 1. The Morgan fingerprint density at radius 1 is 1.09 bits per heavy atom. The number of ether oxygens (including phenoxy) is 1. The second-order valence-electron chi connectivity index (χ2n) is 9.48. The number of hydrogen-bond donors (Lipinski definition) is 2. The molecule has 2 aromatic rings. The minimum absolute atomic E-state index is 0.226. The number of carbonyl (C=O) groups excluding carboxylic acids is 2. The quantitative estimate of drug-likeness (QED) is 0.599. The second kappa shape index (κ2) is 8.97. The highest BCUT2D eigenvalue weighted by molar-refractivity contribution is 6.31. The third kappa shape index (κ3) is 4.71. The van der Waals surface area contributed by atoms with Crippen molar-refractivity contribution in [3.05, 3.63) is 63.6 Å². The summed E-state index contributed by atoms with van der Waals surface area (Å²) in [5, 5.41) is 10.7. The van der Waals surface area contributed by atoms with Gasteiger partial charge in [-0.05, 0) is 36.6 Å². The number of fused-ring (bicyclic) bond motifs is 1. The highest BCUT2D eigenvalue weighted by Crippen LogP contribution is 2.45. The topological polar surface area (TPSA) is 110 Å². The van der Waals surface area contributed by atoms with E-state index in [2.05, 4.69) is 0 Å². The lowest BCUT2D eigenvalue weighted by Crippen LogP contribution is -2.58. The van der Waals surface area contributed by atoms with Gasteiger partial charge < -0.3 is 20.5 Å². The number of halogens is 2. The van der Waals surface area contributed by atoms with E-state index in [1.807, 2.05) is 20.8 Å². The Balaban J connectivity index is 2.35. The molecule has 2 aromatic carbocycles. The van der Waals surface area contributed by atoms with Crippen LogP contribution in [0.2, 0.25) is 10.0 Å². The van der Waals surface area contributed by atoms with Crippen molar-refractivity contribution >= 4 is 46.7 Å². The van der Waals surface area contributed by atoms with E-state index in [4.69, 9.17) is 33.7 Å². The Morgan fingerprint density at radius 3 is 2.27 bits per heavy atom. The molecule has 0 aliphatic carbocycles. The number of carboxylic acids is 1. The van der Waals surface area contributed by atoms with Crippen LogP contribution in [0.15, 0.2) is 42.5 Å². The van der Waals surface area contributed by atoms with E-state index in [1.165, 1.54) is 4.90 Å². The monoisotopic (exact) mass is 492 g/mol. The van der Waals surface area contributed by atoms with Gasteiger partial charge in [0.05, 0.1) is 0 Å². The van der Waals surface area contributed by atoms with E-state index in [0.29, 0.717) is 26.9 Å². The predicted molar refractivity (Wildman–Crippen MR) is 126 cm³/mol. The zero-order chi connectivity index (χ0) is 24.7. The van der Waals surface area contributed by atoms with E-state index in [-0.39, 0.29) is 12.0 Å². The summed E-state index contributed by atoms with van der Waals surface area (Å²) >= 11 is 12.8. The van der Waals surface area contributed by atoms with Crippen molar-refractivity contribution in [1.82, 2.24) is 0 Å². The Kier molecular flexibility index (Phi) is 6.80. The zero-order valence-corrected chi connectivity index (χ0v) is 20.3. The lowest BCUT2D eigenvalue weighted by Gasteiger charge is -2.35. The highest BCUT2D eigenvalue weighted by atomic mass is 35.5. The number of benzene rings is 2. The SMILES string of the molecule is CC(C)(C)CN1C(=O)[C@H](C(C)(C(N)=O)C(=O)O)O[C@@H](c2ccccc2Cl)c2cc(Cl)ccc21. The number of anilines is 1. The van der Waals surface area contributed by atoms with Crippen LogP contribution in [-0.2, 0) is 19.1 Å². The molecule has 3 rings (SSSR count). The van der Waals surface area contributed by atoms with Crippen LogP contribution >= 0.6 is 23.2 Å². The van der Waals surface area contributed by atoms with Crippen LogP contribution in [-0.4, -0.2) is 35.5 Å². The van der Waals surface area contributed by atoms with Crippen LogP contribution in [0, 0.1) is 10.8 Å². The van der Waals surface area contributed by atoms with Crippen LogP contribution in [0.4, 0.5) is 5.69 Å². The molecule has 0 aromatic heterocycles. The summed E-state index contributed by atoms with van der Waals surface area (Å²) in [5.74, 6) is -3.44. The Morgan fingerprint density at radius 2 is 1.73 bits per heavy atom. The smallest absolute Gasteiger partial charge is 0.322 e. The van der Waals surface area contributed by atoms with E-state index < -0.39 is 35.4 Å². The van der Waals surface area contributed by atoms with Gasteiger partial charge in [0.25, 0.3) is 5.91 Å². The summed E-state index contributed by atoms with van der Waals surface area (Å²) in [6, 6.07) is 11.8. The fourth-order valence-electron chi connectivity index (χ4n) is 3.80. The summed E-state index contributed by atoms with van der Waals surface area (Å²) in [5.41, 5.74) is 4.32. The summed E-state index contributed by atoms with van der Waals surface area (Å²) in [6.45, 7) is 7.14. The predicted octanol–water partition coefficient (Wildman–Crippen LogP) is 4.44. The molecule has 2 amide bonds. The largest absolute Gasteiger partial charge is 0.480 e. The van der Waals surface area contributed by atoms with Crippen molar-refractivity contribution in [2.45, 2.75) is 39.9 Å². The Labute approximate surface area is 202 Å². The van der Waals surface area contributed by atoms with Gasteiger partial charge >= 0.3 is 5.97 Å². The average Bonchev–Trinajstić information content (AvgIpc) is 2.82. The molecule has 0 radical (unpaired) electrons. The van der Waals surface area contributed by atoms with E-state index in [1.54, 1.807) is 42.5 Å². The fourth-order valence-corrected chi connectivity index (χ4v) is 4.22. The van der Waals surface area contributed by atoms with E-state index in [9.17, 15) is 19.5 Å². The van der Waals surface area contributed by atoms with Gasteiger partial charge in [-0.1, -0.05) is 62.2 Å². The maximum Gasteiger partial charge on any atom is 0.322 e. The molecule has 33 heavy (non-hydrogen) atoms. The number of amides is 2. The summed E-state index contributed by atoms with van der Waals surface area (Å²) in [6.07, 6.45) is -2.70. The average molecular weight is 493 g/mol. The molecule has 1 aliphatic heterocycles. The van der Waals surface area contributed by atoms with Crippen molar-refractivity contribution < 1.29 is 24.2 Å². The minimum atomic E-state index is -2.33. The first-order valence-electron chi connectivity index (χ1n) is 10.3. The van der Waals surface area contributed by atoms with Gasteiger partial charge in [0.15, 0.2) is 11.5 Å². The molecule has 7 nitrogen and oxygen atoms in total. The van der Waals surface area contributed by atoms with Gasteiger partial charge in [-0.2, -0.15) is 0 Å². The number of aliphatic carboxylic acids is 1. The number of primary amides is 1. The molecule has 9 heteroatoms. The van der Waals surface area contributed by atoms with Gasteiger partial charge in [-0.3, -0.25) is 14.4 Å². The van der Waals surface area contributed by atoms with Crippen molar-refractivity contribution in [3.63, 3.8) is 0 Å². The molecule has 1 aliphatic rings. The van der Waals surface area contributed by atoms with Gasteiger partial charge in [0.2, 0.25) is 5.91 Å². The third-order valence-corrected chi connectivity index (χ3v) is 6.21. The standard InChI is InChI=1S/C24H26Cl2N2O5/c1-23(2,3)12-28-17-10-9-13(25)11-15(17)18(14-7-5-6-8-16(14)26)33-19(20(28)29)24(4,21(27)30)22(31)32/h5-11,18-19H,12H2,1-4H3,(H2,27,30)(H,31,32)/t18-,19+,24?/m0/s1. The molecule has 1 unspecified atom stereocenters. The van der Waals surface area contributed by atoms with Crippen molar-refractivity contribution in [2.75, 3.05) is 11.4 Å². The minimum Gasteiger partial charge on any atom is -0.480 e. The van der Waals surface area contributed by atoms with Crippen LogP contribution in [0.5, 0.6) is 0 Å². The first-order valence-corrected chi connectivity index (χ1v) is 11.1. The first kappa shape index (κ1) is 25.0. The second-order valence-corrected chi connectivity index (χ2v) is 10.3. The van der Waals surface area contributed by atoms with Crippen molar-refractivity contribution in [1.29, 1.82) is 0 Å². The van der Waals surface area contributed by atoms with Crippen LogP contribution in [0.25, 0.3) is 0 Å². The molecular weight excluding hydrogens is 467 g/mol. The lowest BCUT2D eigenvalue weighted by molar-refractivity contribution is -0.171. The number of hydrogen-bond acceptors (Lipinski definition) is 4. The van der Waals surface area contributed by atoms with Crippen molar-refractivity contribution in [2.24, 2.45) is 16.6 Å². The van der Waals surface area contributed by atoms with Gasteiger partial charge in [-0.15, -0.1) is 0 Å². The van der Waals surface area contributed by atoms with Crippen LogP contribution < -0.4 is 10.6 Å². The maximum absolute atomic E-state index is 13.9. The van der Waals surface area contributed by atoms with Gasteiger partial charge in [0.1, 0.15) is 6.10 Å². The first-order chi connectivity index (χ1) is 15.3. The molecule has 176 valence electrons. The van der Waals surface area contributed by atoms with E-state index in [0.717, 1.165) is 6.92 Å². The molecular formula is C24H26Cl2N2O5. The molecule has 3 N–H and O–H groups in total.